The van der Waals surface area contributed by atoms with Crippen LogP contribution in [0.15, 0.2) is 18.5 Å². The number of nitrogens with one attached hydrogen (secondary N) is 1. The number of hydrogen-bond acceptors (Lipinski definition) is 6. The van der Waals surface area contributed by atoms with Crippen molar-refractivity contribution < 1.29 is 0 Å². The lowest BCUT2D eigenvalue weighted by Crippen LogP contribution is -2.34. The zero-order valence-corrected chi connectivity index (χ0v) is 11.0. The second kappa shape index (κ2) is 5.31. The number of rotatable bonds is 4. The van der Waals surface area contributed by atoms with Crippen molar-refractivity contribution >= 4 is 5.82 Å². The van der Waals surface area contributed by atoms with Crippen LogP contribution in [0, 0.1) is 0 Å². The van der Waals surface area contributed by atoms with E-state index in [1.165, 1.54) is 0 Å². The molecule has 7 heteroatoms. The minimum absolute atomic E-state index is 0.737. The molecule has 1 aliphatic heterocycles. The Balaban J connectivity index is 1.70. The van der Waals surface area contributed by atoms with Crippen LogP contribution in [0.5, 0.6) is 0 Å². The molecule has 0 saturated carbocycles. The van der Waals surface area contributed by atoms with Gasteiger partial charge < -0.3 is 14.8 Å². The van der Waals surface area contributed by atoms with Gasteiger partial charge in [0.1, 0.15) is 6.33 Å². The Bertz CT molecular complexity index is 533. The molecule has 7 nitrogen and oxygen atoms in total. The maximum atomic E-state index is 4.29. The van der Waals surface area contributed by atoms with Gasteiger partial charge in [0.2, 0.25) is 0 Å². The highest BCUT2D eigenvalue weighted by Gasteiger charge is 2.18. The van der Waals surface area contributed by atoms with E-state index in [9.17, 15) is 0 Å². The highest BCUT2D eigenvalue weighted by Crippen LogP contribution is 2.16. The molecular weight excluding hydrogens is 242 g/mol. The van der Waals surface area contributed by atoms with Gasteiger partial charge in [-0.1, -0.05) is 6.92 Å². The summed E-state index contributed by atoms with van der Waals surface area (Å²) in [4.78, 5) is 2.17. The van der Waals surface area contributed by atoms with E-state index in [1.54, 1.807) is 6.33 Å². The third kappa shape index (κ3) is 2.55. The fraction of sp³-hybridized carbons (Fsp3) is 0.500. The molecule has 0 radical (unpaired) electrons. The zero-order valence-electron chi connectivity index (χ0n) is 11.0. The topological polar surface area (TPSA) is 71.8 Å². The predicted octanol–water partition coefficient (Wildman–Crippen LogP) is 0.198. The van der Waals surface area contributed by atoms with Crippen molar-refractivity contribution in [3.05, 3.63) is 30.0 Å². The fourth-order valence-electron chi connectivity index (χ4n) is 2.13. The summed E-state index contributed by atoms with van der Waals surface area (Å²) in [5.41, 5.74) is 0.964. The van der Waals surface area contributed by atoms with Gasteiger partial charge in [0.15, 0.2) is 11.6 Å². The maximum absolute atomic E-state index is 4.29. The second-order valence-corrected chi connectivity index (χ2v) is 4.53. The molecule has 2 aromatic rings. The first-order valence-corrected chi connectivity index (χ1v) is 6.52. The van der Waals surface area contributed by atoms with Gasteiger partial charge in [-0.2, -0.15) is 5.10 Å². The van der Waals surface area contributed by atoms with Crippen LogP contribution in [-0.2, 0) is 19.6 Å². The van der Waals surface area contributed by atoms with Crippen molar-refractivity contribution in [1.82, 2.24) is 30.3 Å². The Kier molecular flexibility index (Phi) is 3.37. The molecule has 2 aromatic heterocycles. The predicted molar refractivity (Wildman–Crippen MR) is 70.5 cm³/mol. The van der Waals surface area contributed by atoms with E-state index in [2.05, 4.69) is 42.1 Å². The van der Waals surface area contributed by atoms with Crippen molar-refractivity contribution in [3.8, 4) is 0 Å². The lowest BCUT2D eigenvalue weighted by molar-refractivity contribution is 0.553. The quantitative estimate of drug-likeness (QED) is 0.845. The van der Waals surface area contributed by atoms with E-state index in [0.29, 0.717) is 0 Å². The van der Waals surface area contributed by atoms with Gasteiger partial charge >= 0.3 is 0 Å². The minimum atomic E-state index is 0.737. The van der Waals surface area contributed by atoms with Crippen LogP contribution < -0.4 is 10.2 Å². The Labute approximate surface area is 111 Å². The lowest BCUT2D eigenvalue weighted by Gasteiger charge is -2.27. The van der Waals surface area contributed by atoms with Crippen LogP contribution in [0.1, 0.15) is 18.4 Å². The van der Waals surface area contributed by atoms with Gasteiger partial charge in [0.05, 0.1) is 12.2 Å². The third-order valence-electron chi connectivity index (χ3n) is 3.22. The van der Waals surface area contributed by atoms with Crippen LogP contribution in [0.2, 0.25) is 0 Å². The molecule has 0 amide bonds. The van der Waals surface area contributed by atoms with Crippen LogP contribution in [-0.4, -0.2) is 38.1 Å². The van der Waals surface area contributed by atoms with E-state index in [4.69, 9.17) is 0 Å². The van der Waals surface area contributed by atoms with Gasteiger partial charge in [-0.25, -0.2) is 0 Å². The summed E-state index contributed by atoms with van der Waals surface area (Å²) >= 11 is 0. The molecule has 1 aliphatic rings. The van der Waals surface area contributed by atoms with Crippen molar-refractivity contribution in [2.24, 2.45) is 0 Å². The fourth-order valence-corrected chi connectivity index (χ4v) is 2.13. The lowest BCUT2D eigenvalue weighted by atomic mass is 10.3. The Hall–Kier alpha value is -2.02. The van der Waals surface area contributed by atoms with Gasteiger partial charge in [-0.15, -0.1) is 15.3 Å². The Morgan fingerprint density at radius 2 is 2.16 bits per heavy atom. The monoisotopic (exact) mass is 259 g/mol. The van der Waals surface area contributed by atoms with Crippen molar-refractivity contribution in [1.29, 1.82) is 0 Å². The molecule has 0 bridgehead atoms. The number of hydrogen-bond donors (Lipinski definition) is 1. The first-order valence-electron chi connectivity index (χ1n) is 6.52. The highest BCUT2D eigenvalue weighted by atomic mass is 15.3. The molecule has 0 fully saturated rings. The second-order valence-electron chi connectivity index (χ2n) is 4.53. The molecule has 100 valence electrons. The largest absolute Gasteiger partial charge is 0.346 e. The van der Waals surface area contributed by atoms with Crippen LogP contribution in [0.3, 0.4) is 0 Å². The number of anilines is 1. The summed E-state index contributed by atoms with van der Waals surface area (Å²) in [6, 6.07) is 4.04. The maximum Gasteiger partial charge on any atom is 0.152 e. The van der Waals surface area contributed by atoms with Crippen molar-refractivity contribution in [2.75, 3.05) is 18.0 Å². The molecule has 0 aromatic carbocycles. The first kappa shape index (κ1) is 12.0. The van der Waals surface area contributed by atoms with Gasteiger partial charge in [-0.05, 0) is 18.7 Å². The Morgan fingerprint density at radius 1 is 1.21 bits per heavy atom. The van der Waals surface area contributed by atoms with Gasteiger partial charge in [0, 0.05) is 19.6 Å². The van der Waals surface area contributed by atoms with E-state index in [0.717, 1.165) is 50.1 Å². The molecule has 0 aliphatic carbocycles. The molecule has 0 saturated heterocycles. The Morgan fingerprint density at radius 3 is 2.95 bits per heavy atom. The summed E-state index contributed by atoms with van der Waals surface area (Å²) in [6.07, 6.45) is 1.78. The number of fused-ring (bicyclic) bond motifs is 1. The molecule has 3 heterocycles. The van der Waals surface area contributed by atoms with E-state index >= 15 is 0 Å². The summed E-state index contributed by atoms with van der Waals surface area (Å²) in [5, 5.41) is 19.8. The van der Waals surface area contributed by atoms with Crippen LogP contribution in [0.25, 0.3) is 0 Å². The van der Waals surface area contributed by atoms with Crippen LogP contribution in [0.4, 0.5) is 5.82 Å². The van der Waals surface area contributed by atoms with Crippen molar-refractivity contribution in [3.63, 3.8) is 0 Å². The number of aromatic nitrogens is 5. The first-order chi connectivity index (χ1) is 9.36. The standard InChI is InChI=1S/C12H17N7/c1-2-13-7-10-3-4-11(17-15-10)18-5-6-19-9-14-16-12(19)8-18/h3-4,9,13H,2,5-8H2,1H3. The summed E-state index contributed by atoms with van der Waals surface area (Å²) in [5.74, 6) is 1.87. The van der Waals surface area contributed by atoms with Gasteiger partial charge in [0.25, 0.3) is 0 Å². The molecule has 0 atom stereocenters. The van der Waals surface area contributed by atoms with E-state index in [-0.39, 0.29) is 0 Å². The number of nitrogens with zero attached hydrogens (tertiary/aromatic N) is 6. The summed E-state index contributed by atoms with van der Waals surface area (Å²) in [7, 11) is 0. The van der Waals surface area contributed by atoms with E-state index < -0.39 is 0 Å². The van der Waals surface area contributed by atoms with Gasteiger partial charge in [-0.3, -0.25) is 0 Å². The molecule has 1 N–H and O–H groups in total. The third-order valence-corrected chi connectivity index (χ3v) is 3.22. The van der Waals surface area contributed by atoms with Crippen LogP contribution >= 0.6 is 0 Å². The summed E-state index contributed by atoms with van der Waals surface area (Å²) in [6.45, 7) is 6.31. The molecule has 0 unspecified atom stereocenters. The molecule has 0 spiro atoms. The normalized spacial score (nSPS) is 14.5. The highest BCUT2D eigenvalue weighted by molar-refractivity contribution is 5.38. The molecular formula is C12H17N7. The van der Waals surface area contributed by atoms with E-state index in [1.807, 2.05) is 12.1 Å². The zero-order chi connectivity index (χ0) is 13.1. The minimum Gasteiger partial charge on any atom is -0.346 e. The SMILES string of the molecule is CCNCc1ccc(N2CCn3cnnc3C2)nn1. The summed E-state index contributed by atoms with van der Waals surface area (Å²) < 4.78 is 2.07. The average Bonchev–Trinajstić information content (AvgIpc) is 2.93. The molecule has 3 rings (SSSR count). The average molecular weight is 259 g/mol. The smallest absolute Gasteiger partial charge is 0.152 e. The molecule has 19 heavy (non-hydrogen) atoms. The van der Waals surface area contributed by atoms with Crippen molar-refractivity contribution in [2.45, 2.75) is 26.6 Å².